The van der Waals surface area contributed by atoms with Crippen LogP contribution < -0.4 is 0 Å². The molecule has 0 heterocycles. The van der Waals surface area contributed by atoms with E-state index in [0.717, 1.165) is 17.9 Å². The van der Waals surface area contributed by atoms with Crippen molar-refractivity contribution in [2.45, 2.75) is 45.1 Å². The number of nitrogens with zero attached hydrogens (tertiary/aromatic N) is 1. The summed E-state index contributed by atoms with van der Waals surface area (Å²) in [5.41, 5.74) is 0. The van der Waals surface area contributed by atoms with Crippen LogP contribution >= 0.6 is 0 Å². The van der Waals surface area contributed by atoms with Gasteiger partial charge in [-0.2, -0.15) is 0 Å². The summed E-state index contributed by atoms with van der Waals surface area (Å²) in [5, 5.41) is 0. The molecule has 70 valence electrons. The molecule has 0 radical (unpaired) electrons. The highest BCUT2D eigenvalue weighted by atomic mass is 15.1. The second-order valence-corrected chi connectivity index (χ2v) is 4.95. The average Bonchev–Trinajstić information content (AvgIpc) is 2.72. The summed E-state index contributed by atoms with van der Waals surface area (Å²) in [5.74, 6) is 2.04. The Kier molecular flexibility index (Phi) is 2.40. The molecule has 2 rings (SSSR count). The van der Waals surface area contributed by atoms with Crippen molar-refractivity contribution < 1.29 is 0 Å². The van der Waals surface area contributed by atoms with Gasteiger partial charge in [-0.05, 0) is 51.0 Å². The molecule has 0 saturated heterocycles. The number of rotatable bonds is 3. The highest BCUT2D eigenvalue weighted by molar-refractivity contribution is 4.83. The average molecular weight is 167 g/mol. The Morgan fingerprint density at radius 3 is 2.42 bits per heavy atom. The van der Waals surface area contributed by atoms with Gasteiger partial charge >= 0.3 is 0 Å². The third-order valence-corrected chi connectivity index (χ3v) is 3.53. The van der Waals surface area contributed by atoms with Crippen molar-refractivity contribution in [3.63, 3.8) is 0 Å². The molecule has 0 aromatic rings. The third kappa shape index (κ3) is 2.01. The predicted octanol–water partition coefficient (Wildman–Crippen LogP) is 2.52. The minimum Gasteiger partial charge on any atom is -0.303 e. The fraction of sp³-hybridized carbons (Fsp3) is 1.00. The zero-order chi connectivity index (χ0) is 8.55. The van der Waals surface area contributed by atoms with Crippen LogP contribution in [0.25, 0.3) is 0 Å². The zero-order valence-corrected chi connectivity index (χ0v) is 8.42. The van der Waals surface area contributed by atoms with Crippen LogP contribution in [0.1, 0.15) is 39.0 Å². The topological polar surface area (TPSA) is 3.24 Å². The lowest BCUT2D eigenvalue weighted by molar-refractivity contribution is 0.232. The largest absolute Gasteiger partial charge is 0.303 e. The van der Waals surface area contributed by atoms with E-state index >= 15 is 0 Å². The van der Waals surface area contributed by atoms with E-state index in [2.05, 4.69) is 18.9 Å². The summed E-state index contributed by atoms with van der Waals surface area (Å²) in [6, 6.07) is 0.917. The third-order valence-electron chi connectivity index (χ3n) is 3.53. The molecule has 0 aromatic carbocycles. The zero-order valence-electron chi connectivity index (χ0n) is 8.42. The van der Waals surface area contributed by atoms with Crippen molar-refractivity contribution in [2.24, 2.45) is 11.8 Å². The molecule has 0 N–H and O–H groups in total. The van der Waals surface area contributed by atoms with Gasteiger partial charge in [0, 0.05) is 12.6 Å². The van der Waals surface area contributed by atoms with Gasteiger partial charge in [0.25, 0.3) is 0 Å². The van der Waals surface area contributed by atoms with Gasteiger partial charge in [0.15, 0.2) is 0 Å². The lowest BCUT2D eigenvalue weighted by Crippen LogP contribution is -2.31. The first-order valence-electron chi connectivity index (χ1n) is 5.46. The van der Waals surface area contributed by atoms with Crippen molar-refractivity contribution in [2.75, 3.05) is 13.6 Å². The summed E-state index contributed by atoms with van der Waals surface area (Å²) in [6.45, 7) is 3.77. The second kappa shape index (κ2) is 3.37. The van der Waals surface area contributed by atoms with E-state index < -0.39 is 0 Å². The molecule has 12 heavy (non-hydrogen) atoms. The minimum absolute atomic E-state index is 0.917. The lowest BCUT2D eigenvalue weighted by Gasteiger charge is -2.23. The van der Waals surface area contributed by atoms with Gasteiger partial charge in [-0.3, -0.25) is 0 Å². The maximum atomic E-state index is 2.61. The van der Waals surface area contributed by atoms with Crippen molar-refractivity contribution in [1.29, 1.82) is 0 Å². The Hall–Kier alpha value is -0.0400. The van der Waals surface area contributed by atoms with Gasteiger partial charge in [-0.1, -0.05) is 6.92 Å². The van der Waals surface area contributed by atoms with E-state index in [1.165, 1.54) is 38.6 Å². The van der Waals surface area contributed by atoms with Gasteiger partial charge in [0.05, 0.1) is 0 Å². The van der Waals surface area contributed by atoms with Crippen molar-refractivity contribution >= 4 is 0 Å². The molecule has 2 unspecified atom stereocenters. The predicted molar refractivity (Wildman–Crippen MR) is 52.2 cm³/mol. The maximum absolute atomic E-state index is 2.61. The minimum atomic E-state index is 0.917. The Balaban J connectivity index is 1.74. The standard InChI is InChI=1S/C11H21N/c1-9-3-6-11(7-9)12(2)8-10-4-5-10/h9-11H,3-8H2,1-2H3. The van der Waals surface area contributed by atoms with E-state index in [0.29, 0.717) is 0 Å². The molecule has 0 bridgehead atoms. The second-order valence-electron chi connectivity index (χ2n) is 4.95. The van der Waals surface area contributed by atoms with Gasteiger partial charge < -0.3 is 4.90 Å². The van der Waals surface area contributed by atoms with Crippen LogP contribution in [-0.4, -0.2) is 24.5 Å². The molecular weight excluding hydrogens is 146 g/mol. The van der Waals surface area contributed by atoms with Crippen LogP contribution in [0, 0.1) is 11.8 Å². The fourth-order valence-corrected chi connectivity index (χ4v) is 2.43. The Morgan fingerprint density at radius 1 is 1.17 bits per heavy atom. The van der Waals surface area contributed by atoms with Gasteiger partial charge in [-0.15, -0.1) is 0 Å². The quantitative estimate of drug-likeness (QED) is 0.624. The molecule has 2 aliphatic rings. The molecule has 2 atom stereocenters. The SMILES string of the molecule is CC1CCC(N(C)CC2CC2)C1. The molecule has 0 amide bonds. The van der Waals surface area contributed by atoms with E-state index in [-0.39, 0.29) is 0 Å². The van der Waals surface area contributed by atoms with Crippen LogP contribution in [0.3, 0.4) is 0 Å². The monoisotopic (exact) mass is 167 g/mol. The number of hydrogen-bond donors (Lipinski definition) is 0. The molecule has 0 aliphatic heterocycles. The molecular formula is C11H21N. The van der Waals surface area contributed by atoms with Gasteiger partial charge in [0.1, 0.15) is 0 Å². The van der Waals surface area contributed by atoms with E-state index in [9.17, 15) is 0 Å². The number of hydrogen-bond acceptors (Lipinski definition) is 1. The van der Waals surface area contributed by atoms with Crippen molar-refractivity contribution in [1.82, 2.24) is 4.90 Å². The van der Waals surface area contributed by atoms with Crippen LogP contribution in [-0.2, 0) is 0 Å². The van der Waals surface area contributed by atoms with Crippen LogP contribution in [0.5, 0.6) is 0 Å². The summed E-state index contributed by atoms with van der Waals surface area (Å²) in [6.07, 6.45) is 7.34. The highest BCUT2D eigenvalue weighted by Gasteiger charge is 2.29. The molecule has 1 nitrogen and oxygen atoms in total. The molecule has 2 aliphatic carbocycles. The summed E-state index contributed by atoms with van der Waals surface area (Å²) < 4.78 is 0. The van der Waals surface area contributed by atoms with Gasteiger partial charge in [-0.25, -0.2) is 0 Å². The summed E-state index contributed by atoms with van der Waals surface area (Å²) in [4.78, 5) is 2.61. The maximum Gasteiger partial charge on any atom is 0.00949 e. The van der Waals surface area contributed by atoms with Crippen molar-refractivity contribution in [3.8, 4) is 0 Å². The first kappa shape index (κ1) is 8.55. The Bertz CT molecular complexity index is 151. The van der Waals surface area contributed by atoms with Crippen LogP contribution in [0.2, 0.25) is 0 Å². The molecule has 1 heteroatoms. The molecule has 2 saturated carbocycles. The van der Waals surface area contributed by atoms with Gasteiger partial charge in [0.2, 0.25) is 0 Å². The van der Waals surface area contributed by atoms with Crippen LogP contribution in [0.4, 0.5) is 0 Å². The molecule has 0 spiro atoms. The lowest BCUT2D eigenvalue weighted by atomic mass is 10.1. The van der Waals surface area contributed by atoms with Crippen LogP contribution in [0.15, 0.2) is 0 Å². The molecule has 2 fully saturated rings. The van der Waals surface area contributed by atoms with E-state index in [4.69, 9.17) is 0 Å². The smallest absolute Gasteiger partial charge is 0.00949 e. The highest BCUT2D eigenvalue weighted by Crippen LogP contribution is 2.33. The van der Waals surface area contributed by atoms with E-state index in [1.807, 2.05) is 0 Å². The normalized spacial score (nSPS) is 36.2. The summed E-state index contributed by atoms with van der Waals surface area (Å²) >= 11 is 0. The first-order valence-corrected chi connectivity index (χ1v) is 5.46. The Morgan fingerprint density at radius 2 is 1.92 bits per heavy atom. The fourth-order valence-electron chi connectivity index (χ4n) is 2.43. The first-order chi connectivity index (χ1) is 5.75. The molecule has 0 aromatic heterocycles. The Labute approximate surface area is 76.1 Å². The van der Waals surface area contributed by atoms with Crippen molar-refractivity contribution in [3.05, 3.63) is 0 Å². The summed E-state index contributed by atoms with van der Waals surface area (Å²) in [7, 11) is 2.32. The van der Waals surface area contributed by atoms with E-state index in [1.54, 1.807) is 0 Å².